The molecular formula is C10H17N3O3. The molecule has 0 aliphatic heterocycles. The number of carbonyl (C=O) groups excluding carboxylic acids is 1. The van der Waals surface area contributed by atoms with Gasteiger partial charge in [-0.1, -0.05) is 0 Å². The number of aliphatic hydroxyl groups excluding tert-OH is 2. The summed E-state index contributed by atoms with van der Waals surface area (Å²) in [6.07, 6.45) is 1.54. The third-order valence-electron chi connectivity index (χ3n) is 2.21. The fraction of sp³-hybridized carbons (Fsp3) is 0.600. The van der Waals surface area contributed by atoms with E-state index in [4.69, 9.17) is 0 Å². The molecule has 0 saturated carbocycles. The molecule has 3 N–H and O–H groups in total. The number of amides is 1. The fourth-order valence-corrected chi connectivity index (χ4v) is 1.34. The van der Waals surface area contributed by atoms with Crippen LogP contribution in [0, 0.1) is 0 Å². The summed E-state index contributed by atoms with van der Waals surface area (Å²) in [5.74, 6) is -0.153. The number of aliphatic hydroxyl groups is 2. The molecule has 0 aliphatic rings. The summed E-state index contributed by atoms with van der Waals surface area (Å²) >= 11 is 0. The van der Waals surface area contributed by atoms with Crippen molar-refractivity contribution in [3.63, 3.8) is 0 Å². The average Bonchev–Trinajstić information content (AvgIpc) is 2.63. The lowest BCUT2D eigenvalue weighted by molar-refractivity contribution is -0.119. The second kappa shape index (κ2) is 5.62. The summed E-state index contributed by atoms with van der Waals surface area (Å²) in [5, 5.41) is 21.9. The lowest BCUT2D eigenvalue weighted by Gasteiger charge is -2.15. The summed E-state index contributed by atoms with van der Waals surface area (Å²) in [5.41, 5.74) is 0.429. The van der Waals surface area contributed by atoms with Crippen molar-refractivity contribution >= 4 is 5.91 Å². The maximum absolute atomic E-state index is 10.6. The van der Waals surface area contributed by atoms with Crippen LogP contribution in [0.5, 0.6) is 0 Å². The zero-order valence-electron chi connectivity index (χ0n) is 9.42. The van der Waals surface area contributed by atoms with E-state index in [2.05, 4.69) is 10.3 Å². The van der Waals surface area contributed by atoms with Gasteiger partial charge in [-0.2, -0.15) is 0 Å². The summed E-state index contributed by atoms with van der Waals surface area (Å²) < 4.78 is 1.69. The lowest BCUT2D eigenvalue weighted by atomic mass is 10.1. The van der Waals surface area contributed by atoms with Crippen LogP contribution in [0.2, 0.25) is 0 Å². The van der Waals surface area contributed by atoms with Gasteiger partial charge in [0.2, 0.25) is 5.91 Å². The Hall–Kier alpha value is -1.40. The van der Waals surface area contributed by atoms with Gasteiger partial charge >= 0.3 is 0 Å². The monoisotopic (exact) mass is 227 g/mol. The third-order valence-corrected chi connectivity index (χ3v) is 2.21. The number of aromatic nitrogens is 2. The molecule has 1 aromatic rings. The lowest BCUT2D eigenvalue weighted by Crippen LogP contribution is -2.27. The molecule has 0 saturated heterocycles. The first kappa shape index (κ1) is 12.7. The van der Waals surface area contributed by atoms with E-state index in [1.807, 2.05) is 0 Å². The predicted molar refractivity (Wildman–Crippen MR) is 57.5 cm³/mol. The molecule has 0 aliphatic carbocycles. The van der Waals surface area contributed by atoms with Gasteiger partial charge in [-0.25, -0.2) is 4.98 Å². The largest absolute Gasteiger partial charge is 0.390 e. The Labute approximate surface area is 93.9 Å². The molecule has 1 aromatic heterocycles. The third kappa shape index (κ3) is 3.63. The van der Waals surface area contributed by atoms with Crippen molar-refractivity contribution in [2.45, 2.75) is 25.6 Å². The second-order valence-corrected chi connectivity index (χ2v) is 3.75. The number of rotatable bonds is 5. The molecule has 0 aromatic carbocycles. The Kier molecular flexibility index (Phi) is 4.45. The van der Waals surface area contributed by atoms with Crippen LogP contribution >= 0.6 is 0 Å². The number of carbonyl (C=O) groups is 1. The highest BCUT2D eigenvalue weighted by atomic mass is 16.3. The zero-order chi connectivity index (χ0) is 12.1. The molecule has 2 unspecified atom stereocenters. The van der Waals surface area contributed by atoms with E-state index in [0.29, 0.717) is 12.2 Å². The summed E-state index contributed by atoms with van der Waals surface area (Å²) in [4.78, 5) is 14.5. The quantitative estimate of drug-likeness (QED) is 0.623. The van der Waals surface area contributed by atoms with Gasteiger partial charge in [0, 0.05) is 26.7 Å². The van der Waals surface area contributed by atoms with Crippen molar-refractivity contribution in [1.82, 2.24) is 14.9 Å². The first-order valence-electron chi connectivity index (χ1n) is 5.09. The van der Waals surface area contributed by atoms with E-state index in [1.54, 1.807) is 24.1 Å². The minimum Gasteiger partial charge on any atom is -0.390 e. The number of aryl methyl sites for hydroxylation is 1. The van der Waals surface area contributed by atoms with Crippen molar-refractivity contribution in [2.24, 2.45) is 7.05 Å². The van der Waals surface area contributed by atoms with Gasteiger partial charge in [-0.15, -0.1) is 0 Å². The van der Waals surface area contributed by atoms with Crippen LogP contribution in [-0.4, -0.2) is 38.3 Å². The number of nitrogens with one attached hydrogen (secondary N) is 1. The average molecular weight is 227 g/mol. The SMILES string of the molecule is CC(=O)NCCC(O)C(O)c1cn(C)cn1. The number of nitrogens with zero attached hydrogens (tertiary/aromatic N) is 2. The highest BCUT2D eigenvalue weighted by Gasteiger charge is 2.20. The van der Waals surface area contributed by atoms with E-state index in [-0.39, 0.29) is 12.3 Å². The minimum atomic E-state index is -1.02. The maximum atomic E-state index is 10.6. The van der Waals surface area contributed by atoms with Crippen LogP contribution in [0.1, 0.15) is 25.1 Å². The first-order chi connectivity index (χ1) is 7.50. The zero-order valence-corrected chi connectivity index (χ0v) is 9.42. The second-order valence-electron chi connectivity index (χ2n) is 3.75. The van der Waals surface area contributed by atoms with Gasteiger partial charge in [0.1, 0.15) is 6.10 Å². The van der Waals surface area contributed by atoms with Crippen LogP contribution in [-0.2, 0) is 11.8 Å². The van der Waals surface area contributed by atoms with Gasteiger partial charge in [-0.3, -0.25) is 4.79 Å². The Morgan fingerprint density at radius 3 is 2.81 bits per heavy atom. The Balaban J connectivity index is 2.41. The summed E-state index contributed by atoms with van der Waals surface area (Å²) in [7, 11) is 1.78. The normalized spacial score (nSPS) is 14.5. The molecule has 0 bridgehead atoms. The van der Waals surface area contributed by atoms with Crippen molar-refractivity contribution < 1.29 is 15.0 Å². The smallest absolute Gasteiger partial charge is 0.216 e. The molecule has 6 nitrogen and oxygen atoms in total. The van der Waals surface area contributed by atoms with Crippen molar-refractivity contribution in [2.75, 3.05) is 6.54 Å². The fourth-order valence-electron chi connectivity index (χ4n) is 1.34. The molecule has 2 atom stereocenters. The van der Waals surface area contributed by atoms with Crippen molar-refractivity contribution in [1.29, 1.82) is 0 Å². The van der Waals surface area contributed by atoms with Crippen LogP contribution in [0.4, 0.5) is 0 Å². The van der Waals surface area contributed by atoms with E-state index in [0.717, 1.165) is 0 Å². The molecule has 1 heterocycles. The van der Waals surface area contributed by atoms with Crippen LogP contribution in [0.3, 0.4) is 0 Å². The maximum Gasteiger partial charge on any atom is 0.216 e. The number of hydrogen-bond donors (Lipinski definition) is 3. The van der Waals surface area contributed by atoms with Gasteiger partial charge in [0.25, 0.3) is 0 Å². The highest BCUT2D eigenvalue weighted by Crippen LogP contribution is 2.16. The molecule has 1 amide bonds. The molecule has 1 rings (SSSR count). The van der Waals surface area contributed by atoms with Crippen molar-refractivity contribution in [3.05, 3.63) is 18.2 Å². The van der Waals surface area contributed by atoms with Crippen molar-refractivity contribution in [3.8, 4) is 0 Å². The molecule has 16 heavy (non-hydrogen) atoms. The molecule has 0 spiro atoms. The standard InChI is InChI=1S/C10H17N3O3/c1-7(14)11-4-3-9(15)10(16)8-5-13(2)6-12-8/h5-6,9-10,15-16H,3-4H2,1-2H3,(H,11,14). The Morgan fingerprint density at radius 2 is 2.31 bits per heavy atom. The van der Waals surface area contributed by atoms with E-state index in [9.17, 15) is 15.0 Å². The highest BCUT2D eigenvalue weighted by molar-refractivity contribution is 5.72. The van der Waals surface area contributed by atoms with Crippen LogP contribution in [0.15, 0.2) is 12.5 Å². The number of hydrogen-bond acceptors (Lipinski definition) is 4. The Morgan fingerprint density at radius 1 is 1.62 bits per heavy atom. The summed E-state index contributed by atoms with van der Waals surface area (Å²) in [6, 6.07) is 0. The van der Waals surface area contributed by atoms with Gasteiger partial charge in [-0.05, 0) is 6.42 Å². The summed E-state index contributed by atoms with van der Waals surface area (Å²) in [6.45, 7) is 1.74. The molecule has 90 valence electrons. The van der Waals surface area contributed by atoms with Gasteiger partial charge in [0.15, 0.2) is 0 Å². The minimum absolute atomic E-state index is 0.153. The van der Waals surface area contributed by atoms with E-state index in [1.165, 1.54) is 6.92 Å². The molecule has 0 radical (unpaired) electrons. The van der Waals surface area contributed by atoms with Gasteiger partial charge in [0.05, 0.1) is 18.1 Å². The van der Waals surface area contributed by atoms with Gasteiger partial charge < -0.3 is 20.1 Å². The topological polar surface area (TPSA) is 87.4 Å². The van der Waals surface area contributed by atoms with Crippen LogP contribution < -0.4 is 5.32 Å². The molecule has 0 fully saturated rings. The first-order valence-corrected chi connectivity index (χ1v) is 5.09. The predicted octanol–water partition coefficient (Wildman–Crippen LogP) is -0.659. The molecule has 6 heteroatoms. The van der Waals surface area contributed by atoms with E-state index < -0.39 is 12.2 Å². The van der Waals surface area contributed by atoms with E-state index >= 15 is 0 Å². The van der Waals surface area contributed by atoms with Crippen LogP contribution in [0.25, 0.3) is 0 Å². The Bertz CT molecular complexity index is 351. The molecular weight excluding hydrogens is 210 g/mol. The number of imidazole rings is 1.